The third-order valence-electron chi connectivity index (χ3n) is 6.50. The highest BCUT2D eigenvalue weighted by Crippen LogP contribution is 2.39. The summed E-state index contributed by atoms with van der Waals surface area (Å²) in [5.41, 5.74) is 0.497. The number of benzene rings is 1. The van der Waals surface area contributed by atoms with Gasteiger partial charge in [-0.15, -0.1) is 0 Å². The minimum Gasteiger partial charge on any atom is -0.375 e. The molecule has 170 valence electrons. The number of carbonyl (C=O) groups excluding carboxylic acids is 2. The number of nitrogens with zero attached hydrogens (tertiary/aromatic N) is 2. The molecule has 4 rings (SSSR count). The van der Waals surface area contributed by atoms with Crippen molar-refractivity contribution in [1.29, 1.82) is 0 Å². The van der Waals surface area contributed by atoms with Gasteiger partial charge in [0.25, 0.3) is 11.8 Å². The first-order chi connectivity index (χ1) is 15.5. The molecule has 1 spiro atoms. The van der Waals surface area contributed by atoms with Gasteiger partial charge in [-0.2, -0.15) is 0 Å². The Bertz CT molecular complexity index is 962. The number of ether oxygens (including phenoxy) is 1. The standard InChI is InChI=1S/C24H27F2N3O3/c25-20-2-1-19(15-21(20)26)23(31)29-12-7-24(8-13-29)16-17(6-14-32-24)3-11-28-22(30)18-4-9-27-10-5-18/h1-2,4-5,9-10,15,17H,3,6-8,11-14,16H2,(H,28,30). The zero-order chi connectivity index (χ0) is 22.6. The van der Waals surface area contributed by atoms with Gasteiger partial charge in [-0.3, -0.25) is 14.6 Å². The van der Waals surface area contributed by atoms with Crippen molar-refractivity contribution in [2.45, 2.75) is 37.7 Å². The molecule has 1 aromatic carbocycles. The van der Waals surface area contributed by atoms with Crippen molar-refractivity contribution in [3.63, 3.8) is 0 Å². The molecular formula is C24H27F2N3O3. The molecular weight excluding hydrogens is 416 g/mol. The van der Waals surface area contributed by atoms with E-state index >= 15 is 0 Å². The van der Waals surface area contributed by atoms with Crippen LogP contribution < -0.4 is 5.32 Å². The van der Waals surface area contributed by atoms with E-state index in [1.54, 1.807) is 29.4 Å². The molecule has 2 saturated heterocycles. The fourth-order valence-electron chi connectivity index (χ4n) is 4.65. The third-order valence-corrected chi connectivity index (χ3v) is 6.50. The van der Waals surface area contributed by atoms with E-state index in [4.69, 9.17) is 4.74 Å². The van der Waals surface area contributed by atoms with E-state index in [0.29, 0.717) is 50.6 Å². The third kappa shape index (κ3) is 5.12. The summed E-state index contributed by atoms with van der Waals surface area (Å²) in [5.74, 6) is -1.92. The maximum Gasteiger partial charge on any atom is 0.253 e. The quantitative estimate of drug-likeness (QED) is 0.767. The molecule has 0 bridgehead atoms. The summed E-state index contributed by atoms with van der Waals surface area (Å²) < 4.78 is 32.8. The van der Waals surface area contributed by atoms with Crippen LogP contribution in [0, 0.1) is 17.6 Å². The van der Waals surface area contributed by atoms with Crippen LogP contribution in [0.1, 0.15) is 52.8 Å². The Hall–Kier alpha value is -2.87. The van der Waals surface area contributed by atoms with Gasteiger partial charge in [0.2, 0.25) is 0 Å². The van der Waals surface area contributed by atoms with Crippen LogP contribution in [-0.4, -0.2) is 53.5 Å². The molecule has 2 aromatic rings. The van der Waals surface area contributed by atoms with E-state index in [-0.39, 0.29) is 23.0 Å². The minimum atomic E-state index is -1.01. The van der Waals surface area contributed by atoms with Crippen LogP contribution in [0.5, 0.6) is 0 Å². The van der Waals surface area contributed by atoms with Gasteiger partial charge in [-0.25, -0.2) is 8.78 Å². The molecule has 8 heteroatoms. The number of amides is 2. The van der Waals surface area contributed by atoms with Crippen molar-refractivity contribution in [3.8, 4) is 0 Å². The van der Waals surface area contributed by atoms with Crippen molar-refractivity contribution in [3.05, 3.63) is 65.5 Å². The van der Waals surface area contributed by atoms with Crippen molar-refractivity contribution in [2.75, 3.05) is 26.2 Å². The first-order valence-electron chi connectivity index (χ1n) is 11.0. The average molecular weight is 443 g/mol. The van der Waals surface area contributed by atoms with Gasteiger partial charge in [-0.05, 0) is 68.4 Å². The molecule has 2 fully saturated rings. The average Bonchev–Trinajstić information content (AvgIpc) is 2.81. The van der Waals surface area contributed by atoms with E-state index in [2.05, 4.69) is 10.3 Å². The first kappa shape index (κ1) is 22.3. The summed E-state index contributed by atoms with van der Waals surface area (Å²) >= 11 is 0. The number of likely N-dealkylation sites (tertiary alicyclic amines) is 1. The maximum absolute atomic E-state index is 13.5. The van der Waals surface area contributed by atoms with Gasteiger partial charge < -0.3 is 15.0 Å². The Morgan fingerprint density at radius 1 is 1.09 bits per heavy atom. The zero-order valence-corrected chi connectivity index (χ0v) is 17.9. The molecule has 2 amide bonds. The van der Waals surface area contributed by atoms with Gasteiger partial charge in [-0.1, -0.05) is 0 Å². The second kappa shape index (κ2) is 9.73. The Morgan fingerprint density at radius 2 is 1.84 bits per heavy atom. The van der Waals surface area contributed by atoms with Gasteiger partial charge in [0.15, 0.2) is 11.6 Å². The lowest BCUT2D eigenvalue weighted by Gasteiger charge is -2.46. The van der Waals surface area contributed by atoms with Gasteiger partial charge >= 0.3 is 0 Å². The number of hydrogen-bond donors (Lipinski definition) is 1. The zero-order valence-electron chi connectivity index (χ0n) is 17.9. The molecule has 2 aliphatic heterocycles. The van der Waals surface area contributed by atoms with Crippen molar-refractivity contribution >= 4 is 11.8 Å². The van der Waals surface area contributed by atoms with E-state index in [1.165, 1.54) is 6.07 Å². The molecule has 0 aliphatic carbocycles. The predicted octanol–water partition coefficient (Wildman–Crippen LogP) is 3.58. The van der Waals surface area contributed by atoms with Crippen molar-refractivity contribution in [2.24, 2.45) is 5.92 Å². The number of halogens is 2. The molecule has 32 heavy (non-hydrogen) atoms. The lowest BCUT2D eigenvalue weighted by atomic mass is 9.78. The Kier molecular flexibility index (Phi) is 6.79. The van der Waals surface area contributed by atoms with Crippen LogP contribution in [0.25, 0.3) is 0 Å². The molecule has 1 atom stereocenters. The van der Waals surface area contributed by atoms with Gasteiger partial charge in [0.05, 0.1) is 5.60 Å². The van der Waals surface area contributed by atoms with Gasteiger partial charge in [0, 0.05) is 49.8 Å². The molecule has 3 heterocycles. The number of piperidine rings is 1. The molecule has 2 aliphatic rings. The first-order valence-corrected chi connectivity index (χ1v) is 11.0. The lowest BCUT2D eigenvalue weighted by Crippen LogP contribution is -2.51. The topological polar surface area (TPSA) is 71.5 Å². The van der Waals surface area contributed by atoms with E-state index in [9.17, 15) is 18.4 Å². The largest absolute Gasteiger partial charge is 0.375 e. The minimum absolute atomic E-state index is 0.0989. The van der Waals surface area contributed by atoms with Crippen LogP contribution in [0.2, 0.25) is 0 Å². The van der Waals surface area contributed by atoms with Crippen LogP contribution in [-0.2, 0) is 4.74 Å². The normalized spacial score (nSPS) is 20.2. The van der Waals surface area contributed by atoms with Gasteiger partial charge in [0.1, 0.15) is 0 Å². The SMILES string of the molecule is O=C(NCCC1CCOC2(CCN(C(=O)c3ccc(F)c(F)c3)CC2)C1)c1ccncc1. The molecule has 1 N–H and O–H groups in total. The number of nitrogens with one attached hydrogen (secondary N) is 1. The monoisotopic (exact) mass is 443 g/mol. The molecule has 6 nitrogen and oxygen atoms in total. The lowest BCUT2D eigenvalue weighted by molar-refractivity contribution is -0.124. The smallest absolute Gasteiger partial charge is 0.253 e. The number of aromatic nitrogens is 1. The van der Waals surface area contributed by atoms with Crippen LogP contribution in [0.3, 0.4) is 0 Å². The fourth-order valence-corrected chi connectivity index (χ4v) is 4.65. The molecule has 0 radical (unpaired) electrons. The summed E-state index contributed by atoms with van der Waals surface area (Å²) in [4.78, 5) is 30.5. The second-order valence-electron chi connectivity index (χ2n) is 8.59. The van der Waals surface area contributed by atoms with Crippen LogP contribution in [0.15, 0.2) is 42.7 Å². The number of hydrogen-bond acceptors (Lipinski definition) is 4. The van der Waals surface area contributed by atoms with Crippen molar-refractivity contribution < 1.29 is 23.1 Å². The molecule has 1 aromatic heterocycles. The van der Waals surface area contributed by atoms with Crippen molar-refractivity contribution in [1.82, 2.24) is 15.2 Å². The van der Waals surface area contributed by atoms with E-state index in [0.717, 1.165) is 31.4 Å². The summed E-state index contributed by atoms with van der Waals surface area (Å²) in [7, 11) is 0. The summed E-state index contributed by atoms with van der Waals surface area (Å²) in [6, 6.07) is 6.63. The van der Waals surface area contributed by atoms with Crippen LogP contribution in [0.4, 0.5) is 8.78 Å². The number of carbonyl (C=O) groups is 2. The predicted molar refractivity (Wildman–Crippen MR) is 114 cm³/mol. The highest BCUT2D eigenvalue weighted by molar-refractivity contribution is 5.94. The highest BCUT2D eigenvalue weighted by atomic mass is 19.2. The molecule has 0 saturated carbocycles. The summed E-state index contributed by atoms with van der Waals surface area (Å²) in [5, 5.41) is 2.97. The summed E-state index contributed by atoms with van der Waals surface area (Å²) in [6.45, 7) is 2.30. The Morgan fingerprint density at radius 3 is 2.56 bits per heavy atom. The van der Waals surface area contributed by atoms with E-state index < -0.39 is 11.6 Å². The Balaban J connectivity index is 1.26. The number of pyridine rings is 1. The maximum atomic E-state index is 13.5. The Labute approximate surface area is 186 Å². The number of rotatable bonds is 5. The molecule has 1 unspecified atom stereocenters. The summed E-state index contributed by atoms with van der Waals surface area (Å²) in [6.07, 6.45) is 7.33. The van der Waals surface area contributed by atoms with Crippen LogP contribution >= 0.6 is 0 Å². The second-order valence-corrected chi connectivity index (χ2v) is 8.59. The fraction of sp³-hybridized carbons (Fsp3) is 0.458. The van der Waals surface area contributed by atoms with E-state index in [1.807, 2.05) is 0 Å². The highest BCUT2D eigenvalue weighted by Gasteiger charge is 2.41.